The van der Waals surface area contributed by atoms with Gasteiger partial charge in [-0.15, -0.1) is 0 Å². The van der Waals surface area contributed by atoms with Gasteiger partial charge in [0, 0.05) is 5.69 Å². The maximum atomic E-state index is 12.4. The van der Waals surface area contributed by atoms with Gasteiger partial charge in [0.15, 0.2) is 17.6 Å². The lowest BCUT2D eigenvalue weighted by Gasteiger charge is -2.08. The van der Waals surface area contributed by atoms with E-state index in [4.69, 9.17) is 0 Å². The third-order valence-corrected chi connectivity index (χ3v) is 4.91. The predicted molar refractivity (Wildman–Crippen MR) is 98.1 cm³/mol. The van der Waals surface area contributed by atoms with Crippen molar-refractivity contribution in [1.29, 1.82) is 0 Å². The molecule has 2 aromatic carbocycles. The Hall–Kier alpha value is -2.87. The molecule has 0 unspecified atom stereocenters. The van der Waals surface area contributed by atoms with Crippen LogP contribution >= 0.6 is 0 Å². The van der Waals surface area contributed by atoms with E-state index in [0.29, 0.717) is 11.4 Å². The highest BCUT2D eigenvalue weighted by atomic mass is 32.2. The first-order chi connectivity index (χ1) is 12.2. The van der Waals surface area contributed by atoms with Gasteiger partial charge < -0.3 is 0 Å². The zero-order chi connectivity index (χ0) is 19.3. The number of carbonyl (C=O) groups is 2. The van der Waals surface area contributed by atoms with Crippen LogP contribution < -0.4 is 4.72 Å². The summed E-state index contributed by atoms with van der Waals surface area (Å²) in [5, 5.41) is 7.56. The summed E-state index contributed by atoms with van der Waals surface area (Å²) in [6.45, 7) is 4.43. The Kier molecular flexibility index (Phi) is 5.99. The summed E-state index contributed by atoms with van der Waals surface area (Å²) in [4.78, 5) is 22.7. The Balaban J connectivity index is 2.16. The van der Waals surface area contributed by atoms with Crippen molar-refractivity contribution in [3.8, 4) is 0 Å². The van der Waals surface area contributed by atoms with Crippen molar-refractivity contribution in [3.63, 3.8) is 0 Å². The third-order valence-electron chi connectivity index (χ3n) is 3.51. The molecular weight excluding hydrogens is 354 g/mol. The Morgan fingerprint density at radius 2 is 1.46 bits per heavy atom. The first-order valence-electron chi connectivity index (χ1n) is 7.80. The molecule has 0 aromatic heterocycles. The Morgan fingerprint density at radius 1 is 0.923 bits per heavy atom. The summed E-state index contributed by atoms with van der Waals surface area (Å²) in [7, 11) is -3.73. The van der Waals surface area contributed by atoms with Crippen LogP contribution in [0.1, 0.15) is 19.4 Å². The number of anilines is 1. The van der Waals surface area contributed by atoms with E-state index in [1.165, 1.54) is 38.1 Å². The zero-order valence-corrected chi connectivity index (χ0v) is 15.4. The van der Waals surface area contributed by atoms with Gasteiger partial charge >= 0.3 is 0 Å². The summed E-state index contributed by atoms with van der Waals surface area (Å²) in [6, 6.07) is 11.5. The molecule has 0 amide bonds. The van der Waals surface area contributed by atoms with Gasteiger partial charge in [0.05, 0.1) is 10.6 Å². The van der Waals surface area contributed by atoms with Gasteiger partial charge in [0.1, 0.15) is 0 Å². The van der Waals surface area contributed by atoms with Gasteiger partial charge in [-0.1, -0.05) is 17.7 Å². The van der Waals surface area contributed by atoms with Crippen LogP contribution in [0.5, 0.6) is 0 Å². The number of rotatable bonds is 7. The fourth-order valence-corrected chi connectivity index (χ4v) is 3.16. The normalized spacial score (nSPS) is 11.7. The minimum Gasteiger partial charge on any atom is -0.297 e. The Morgan fingerprint density at radius 3 is 1.96 bits per heavy atom. The van der Waals surface area contributed by atoms with Crippen LogP contribution in [-0.2, 0) is 19.6 Å². The topological polar surface area (TPSA) is 105 Å². The van der Waals surface area contributed by atoms with E-state index in [2.05, 4.69) is 15.0 Å². The second-order valence-electron chi connectivity index (χ2n) is 5.80. The molecule has 0 aliphatic rings. The predicted octanol–water partition coefficient (Wildman–Crippen LogP) is 3.43. The molecule has 2 rings (SSSR count). The van der Waals surface area contributed by atoms with E-state index in [-0.39, 0.29) is 4.90 Å². The highest BCUT2D eigenvalue weighted by Gasteiger charge is 2.18. The molecule has 0 saturated carbocycles. The van der Waals surface area contributed by atoms with Crippen LogP contribution in [-0.4, -0.2) is 26.0 Å². The summed E-state index contributed by atoms with van der Waals surface area (Å²) >= 11 is 0. The number of nitrogens with zero attached hydrogens (tertiary/aromatic N) is 2. The lowest BCUT2D eigenvalue weighted by Crippen LogP contribution is -2.23. The van der Waals surface area contributed by atoms with Crippen LogP contribution in [0.15, 0.2) is 63.7 Å². The molecule has 0 aliphatic heterocycles. The maximum Gasteiger partial charge on any atom is 0.261 e. The highest BCUT2D eigenvalue weighted by Crippen LogP contribution is 2.20. The molecule has 26 heavy (non-hydrogen) atoms. The molecule has 0 bridgehead atoms. The number of hydrogen-bond acceptors (Lipinski definition) is 6. The first-order valence-corrected chi connectivity index (χ1v) is 9.28. The van der Waals surface area contributed by atoms with Gasteiger partial charge in [0.25, 0.3) is 10.0 Å². The third kappa shape index (κ3) is 5.06. The number of azo groups is 1. The molecule has 0 atom stereocenters. The van der Waals surface area contributed by atoms with E-state index < -0.39 is 27.6 Å². The molecule has 0 fully saturated rings. The van der Waals surface area contributed by atoms with E-state index in [1.807, 2.05) is 19.1 Å². The number of Topliss-reactive ketones (excluding diaryl/α,β-unsaturated/α-hetero) is 2. The van der Waals surface area contributed by atoms with Crippen molar-refractivity contribution in [2.24, 2.45) is 10.2 Å². The number of nitrogens with one attached hydrogen (secondary N) is 1. The van der Waals surface area contributed by atoms with Crippen LogP contribution in [0, 0.1) is 6.92 Å². The molecule has 136 valence electrons. The van der Waals surface area contributed by atoms with Crippen molar-refractivity contribution in [3.05, 3.63) is 54.1 Å². The van der Waals surface area contributed by atoms with Gasteiger partial charge in [-0.3, -0.25) is 14.3 Å². The Labute approximate surface area is 152 Å². The Bertz CT molecular complexity index is 919. The highest BCUT2D eigenvalue weighted by molar-refractivity contribution is 7.92. The largest absolute Gasteiger partial charge is 0.297 e. The molecule has 1 N–H and O–H groups in total. The average Bonchev–Trinajstić information content (AvgIpc) is 2.57. The zero-order valence-electron chi connectivity index (χ0n) is 14.6. The van der Waals surface area contributed by atoms with E-state index in [1.54, 1.807) is 12.1 Å². The summed E-state index contributed by atoms with van der Waals surface area (Å²) < 4.78 is 27.3. The molecule has 0 spiro atoms. The molecule has 0 saturated heterocycles. The van der Waals surface area contributed by atoms with Gasteiger partial charge in [-0.05, 0) is 57.2 Å². The minimum atomic E-state index is -3.73. The van der Waals surface area contributed by atoms with Crippen LogP contribution in [0.4, 0.5) is 11.4 Å². The van der Waals surface area contributed by atoms with Crippen molar-refractivity contribution in [2.75, 3.05) is 4.72 Å². The van der Waals surface area contributed by atoms with Crippen molar-refractivity contribution >= 4 is 33.0 Å². The summed E-state index contributed by atoms with van der Waals surface area (Å²) in [5.74, 6) is -0.800. The van der Waals surface area contributed by atoms with E-state index >= 15 is 0 Å². The lowest BCUT2D eigenvalue weighted by molar-refractivity contribution is -0.126. The number of hydrogen-bond donors (Lipinski definition) is 1. The van der Waals surface area contributed by atoms with Gasteiger partial charge in [-0.2, -0.15) is 10.2 Å². The number of carbonyl (C=O) groups excluding carboxylic acids is 2. The molecular formula is C18H19N3O4S. The lowest BCUT2D eigenvalue weighted by atomic mass is 10.1. The number of aryl methyl sites for hydroxylation is 1. The SMILES string of the molecule is CC(=O)C(N=Nc1ccc(S(=O)(=O)Nc2ccc(C)cc2)cc1)C(C)=O. The molecule has 0 heterocycles. The first kappa shape index (κ1) is 19.5. The molecule has 7 nitrogen and oxygen atoms in total. The van der Waals surface area contributed by atoms with E-state index in [0.717, 1.165) is 5.56 Å². The van der Waals surface area contributed by atoms with Crippen molar-refractivity contribution < 1.29 is 18.0 Å². The second kappa shape index (κ2) is 8.01. The van der Waals surface area contributed by atoms with Gasteiger partial charge in [0.2, 0.25) is 0 Å². The second-order valence-corrected chi connectivity index (χ2v) is 7.49. The standard InChI is InChI=1S/C18H19N3O4S/c1-12-4-6-16(7-5-12)21-26(24,25)17-10-8-15(9-11-17)19-20-18(13(2)22)14(3)23/h4-11,18,21H,1-3H3. The molecule has 8 heteroatoms. The van der Waals surface area contributed by atoms with Gasteiger partial charge in [-0.25, -0.2) is 8.42 Å². The fraction of sp³-hybridized carbons (Fsp3) is 0.222. The van der Waals surface area contributed by atoms with E-state index in [9.17, 15) is 18.0 Å². The van der Waals surface area contributed by atoms with Crippen LogP contribution in [0.25, 0.3) is 0 Å². The molecule has 0 radical (unpaired) electrons. The fourth-order valence-electron chi connectivity index (χ4n) is 2.10. The number of ketones is 2. The summed E-state index contributed by atoms with van der Waals surface area (Å²) in [5.41, 5.74) is 1.83. The molecule has 0 aliphatic carbocycles. The van der Waals surface area contributed by atoms with Crippen molar-refractivity contribution in [1.82, 2.24) is 0 Å². The smallest absolute Gasteiger partial charge is 0.261 e. The monoisotopic (exact) mass is 373 g/mol. The average molecular weight is 373 g/mol. The van der Waals surface area contributed by atoms with Crippen LogP contribution in [0.3, 0.4) is 0 Å². The van der Waals surface area contributed by atoms with Crippen molar-refractivity contribution in [2.45, 2.75) is 31.7 Å². The minimum absolute atomic E-state index is 0.0618. The number of benzene rings is 2. The maximum absolute atomic E-state index is 12.4. The quantitative estimate of drug-likeness (QED) is 0.593. The van der Waals surface area contributed by atoms with Crippen LogP contribution in [0.2, 0.25) is 0 Å². The summed E-state index contributed by atoms with van der Waals surface area (Å²) in [6.07, 6.45) is 0. The number of sulfonamides is 1. The molecule has 2 aromatic rings.